The molecule has 0 aliphatic carbocycles. The van der Waals surface area contributed by atoms with Gasteiger partial charge in [0.25, 0.3) is 0 Å². The molecule has 0 unspecified atom stereocenters. The maximum absolute atomic E-state index is 12.1. The van der Waals surface area contributed by atoms with E-state index in [2.05, 4.69) is 5.32 Å². The number of hydrogen-bond donors (Lipinski definition) is 1. The van der Waals surface area contributed by atoms with E-state index in [-0.39, 0.29) is 23.2 Å². The second-order valence-electron chi connectivity index (χ2n) is 5.68. The Morgan fingerprint density at radius 1 is 1.21 bits per heavy atom. The van der Waals surface area contributed by atoms with Crippen LogP contribution in [0.25, 0.3) is 0 Å². The standard InChI is InChI=1S/C16H24N2O4S.ClH/c1-23(20,21)15-7-5-14(6-8-15)22-13-2-4-16(19)18-11-3-9-17-10-12-18;/h5-8,17H,2-4,9-13H2,1H3;1H. The van der Waals surface area contributed by atoms with E-state index in [1.165, 1.54) is 18.4 Å². The molecule has 8 heteroatoms. The van der Waals surface area contributed by atoms with Crippen LogP contribution < -0.4 is 10.1 Å². The molecular weight excluding hydrogens is 352 g/mol. The van der Waals surface area contributed by atoms with Gasteiger partial charge in [-0.15, -0.1) is 12.4 Å². The zero-order chi connectivity index (χ0) is 16.7. The van der Waals surface area contributed by atoms with E-state index in [9.17, 15) is 13.2 Å². The fraction of sp³-hybridized carbons (Fsp3) is 0.562. The lowest BCUT2D eigenvalue weighted by atomic mass is 10.2. The minimum Gasteiger partial charge on any atom is -0.494 e. The highest BCUT2D eigenvalue weighted by Gasteiger charge is 2.14. The molecule has 1 aliphatic heterocycles. The highest BCUT2D eigenvalue weighted by Crippen LogP contribution is 2.16. The lowest BCUT2D eigenvalue weighted by molar-refractivity contribution is -0.131. The third kappa shape index (κ3) is 6.67. The summed E-state index contributed by atoms with van der Waals surface area (Å²) >= 11 is 0. The van der Waals surface area contributed by atoms with E-state index in [1.807, 2.05) is 4.90 Å². The van der Waals surface area contributed by atoms with E-state index >= 15 is 0 Å². The van der Waals surface area contributed by atoms with Gasteiger partial charge in [0, 0.05) is 32.3 Å². The van der Waals surface area contributed by atoms with Crippen LogP contribution in [0.2, 0.25) is 0 Å². The highest BCUT2D eigenvalue weighted by molar-refractivity contribution is 7.90. The summed E-state index contributed by atoms with van der Waals surface area (Å²) < 4.78 is 28.3. The predicted octanol–water partition coefficient (Wildman–Crippen LogP) is 1.49. The summed E-state index contributed by atoms with van der Waals surface area (Å²) in [5.41, 5.74) is 0. The number of halogens is 1. The second kappa shape index (κ2) is 9.86. The molecule has 1 amide bonds. The summed E-state index contributed by atoms with van der Waals surface area (Å²) in [6.07, 6.45) is 3.29. The first kappa shape index (κ1) is 20.7. The fourth-order valence-corrected chi connectivity index (χ4v) is 3.08. The smallest absolute Gasteiger partial charge is 0.222 e. The molecule has 1 aliphatic rings. The first-order valence-electron chi connectivity index (χ1n) is 7.88. The summed E-state index contributed by atoms with van der Waals surface area (Å²) in [4.78, 5) is 14.3. The van der Waals surface area contributed by atoms with Gasteiger partial charge in [0.2, 0.25) is 5.91 Å². The van der Waals surface area contributed by atoms with Gasteiger partial charge < -0.3 is 15.0 Å². The Morgan fingerprint density at radius 3 is 2.58 bits per heavy atom. The summed E-state index contributed by atoms with van der Waals surface area (Å²) in [5, 5.41) is 3.27. The number of nitrogens with one attached hydrogen (secondary N) is 1. The molecule has 0 saturated carbocycles. The zero-order valence-electron chi connectivity index (χ0n) is 13.9. The number of ether oxygens (including phenoxy) is 1. The van der Waals surface area contributed by atoms with Gasteiger partial charge in [0.1, 0.15) is 5.75 Å². The van der Waals surface area contributed by atoms with Gasteiger partial charge in [0.15, 0.2) is 9.84 Å². The molecular formula is C16H25ClN2O4S. The van der Waals surface area contributed by atoms with Crippen molar-refractivity contribution < 1.29 is 17.9 Å². The molecule has 136 valence electrons. The molecule has 1 fully saturated rings. The van der Waals surface area contributed by atoms with Crippen molar-refractivity contribution in [3.8, 4) is 5.75 Å². The molecule has 24 heavy (non-hydrogen) atoms. The molecule has 2 rings (SSSR count). The summed E-state index contributed by atoms with van der Waals surface area (Å²) in [6, 6.07) is 6.33. The number of benzene rings is 1. The molecule has 1 heterocycles. The number of carbonyl (C=O) groups is 1. The second-order valence-corrected chi connectivity index (χ2v) is 7.70. The lowest BCUT2D eigenvalue weighted by Crippen LogP contribution is -2.34. The minimum atomic E-state index is -3.18. The van der Waals surface area contributed by atoms with E-state index in [4.69, 9.17) is 4.74 Å². The summed E-state index contributed by atoms with van der Waals surface area (Å²) in [6.45, 7) is 3.85. The van der Waals surface area contributed by atoms with E-state index < -0.39 is 9.84 Å². The Hall–Kier alpha value is -1.31. The van der Waals surface area contributed by atoms with Gasteiger partial charge in [-0.05, 0) is 43.7 Å². The highest BCUT2D eigenvalue weighted by atomic mass is 35.5. The lowest BCUT2D eigenvalue weighted by Gasteiger charge is -2.19. The van der Waals surface area contributed by atoms with Crippen molar-refractivity contribution in [1.82, 2.24) is 10.2 Å². The first-order chi connectivity index (χ1) is 11.0. The Labute approximate surface area is 149 Å². The van der Waals surface area contributed by atoms with Crippen LogP contribution in [-0.2, 0) is 14.6 Å². The van der Waals surface area contributed by atoms with Crippen LogP contribution in [0.3, 0.4) is 0 Å². The maximum Gasteiger partial charge on any atom is 0.222 e. The van der Waals surface area contributed by atoms with Crippen molar-refractivity contribution in [2.75, 3.05) is 39.0 Å². The largest absolute Gasteiger partial charge is 0.494 e. The van der Waals surface area contributed by atoms with Crippen LogP contribution >= 0.6 is 12.4 Å². The summed E-state index contributed by atoms with van der Waals surface area (Å²) in [5.74, 6) is 0.786. The maximum atomic E-state index is 12.1. The Balaban J connectivity index is 0.00000288. The summed E-state index contributed by atoms with van der Waals surface area (Å²) in [7, 11) is -3.18. The van der Waals surface area contributed by atoms with Crippen molar-refractivity contribution in [2.45, 2.75) is 24.2 Å². The van der Waals surface area contributed by atoms with Crippen molar-refractivity contribution in [1.29, 1.82) is 0 Å². The number of nitrogens with zero attached hydrogens (tertiary/aromatic N) is 1. The number of rotatable bonds is 6. The van der Waals surface area contributed by atoms with Gasteiger partial charge in [-0.2, -0.15) is 0 Å². The van der Waals surface area contributed by atoms with Gasteiger partial charge in [-0.1, -0.05) is 0 Å². The molecule has 1 aromatic carbocycles. The quantitative estimate of drug-likeness (QED) is 0.761. The average Bonchev–Trinajstić information content (AvgIpc) is 2.80. The molecule has 6 nitrogen and oxygen atoms in total. The fourth-order valence-electron chi connectivity index (χ4n) is 2.45. The molecule has 1 N–H and O–H groups in total. The van der Waals surface area contributed by atoms with Crippen LogP contribution in [0.5, 0.6) is 5.75 Å². The van der Waals surface area contributed by atoms with Gasteiger partial charge >= 0.3 is 0 Å². The molecule has 0 aromatic heterocycles. The van der Waals surface area contributed by atoms with Gasteiger partial charge in [0.05, 0.1) is 11.5 Å². The predicted molar refractivity (Wildman–Crippen MR) is 95.6 cm³/mol. The Morgan fingerprint density at radius 2 is 1.92 bits per heavy atom. The molecule has 0 atom stereocenters. The van der Waals surface area contributed by atoms with E-state index in [1.54, 1.807) is 12.1 Å². The van der Waals surface area contributed by atoms with Crippen LogP contribution in [0.4, 0.5) is 0 Å². The number of sulfone groups is 1. The Bertz CT molecular complexity index is 611. The van der Waals surface area contributed by atoms with Gasteiger partial charge in [-0.3, -0.25) is 4.79 Å². The number of carbonyl (C=O) groups excluding carboxylic acids is 1. The van der Waals surface area contributed by atoms with Crippen molar-refractivity contribution in [3.05, 3.63) is 24.3 Å². The number of hydrogen-bond acceptors (Lipinski definition) is 5. The average molecular weight is 377 g/mol. The molecule has 1 aromatic rings. The van der Waals surface area contributed by atoms with Crippen molar-refractivity contribution in [3.63, 3.8) is 0 Å². The van der Waals surface area contributed by atoms with E-state index in [0.717, 1.165) is 32.6 Å². The molecule has 0 bridgehead atoms. The molecule has 0 radical (unpaired) electrons. The van der Waals surface area contributed by atoms with E-state index in [0.29, 0.717) is 25.2 Å². The monoisotopic (exact) mass is 376 g/mol. The van der Waals surface area contributed by atoms with Crippen LogP contribution in [-0.4, -0.2) is 58.3 Å². The minimum absolute atomic E-state index is 0. The number of amides is 1. The van der Waals surface area contributed by atoms with Crippen molar-refractivity contribution >= 4 is 28.2 Å². The van der Waals surface area contributed by atoms with Crippen LogP contribution in [0, 0.1) is 0 Å². The molecule has 1 saturated heterocycles. The first-order valence-corrected chi connectivity index (χ1v) is 9.77. The SMILES string of the molecule is CS(=O)(=O)c1ccc(OCCCC(=O)N2CCCNCC2)cc1.Cl. The third-order valence-electron chi connectivity index (χ3n) is 3.75. The Kier molecular flexibility index (Phi) is 8.52. The third-order valence-corrected chi connectivity index (χ3v) is 4.88. The van der Waals surface area contributed by atoms with Gasteiger partial charge in [-0.25, -0.2) is 8.42 Å². The van der Waals surface area contributed by atoms with Crippen molar-refractivity contribution in [2.24, 2.45) is 0 Å². The molecule has 0 spiro atoms. The van der Waals surface area contributed by atoms with Crippen LogP contribution in [0.15, 0.2) is 29.2 Å². The van der Waals surface area contributed by atoms with Crippen LogP contribution in [0.1, 0.15) is 19.3 Å². The zero-order valence-corrected chi connectivity index (χ0v) is 15.5. The normalized spacial score (nSPS) is 15.3. The topological polar surface area (TPSA) is 75.7 Å².